The van der Waals surface area contributed by atoms with E-state index in [1.54, 1.807) is 0 Å². The van der Waals surface area contributed by atoms with Gasteiger partial charge in [-0.25, -0.2) is 4.39 Å². The summed E-state index contributed by atoms with van der Waals surface area (Å²) in [6.07, 6.45) is 0.932. The molecule has 1 aliphatic rings. The van der Waals surface area contributed by atoms with Crippen molar-refractivity contribution in [1.82, 2.24) is 4.90 Å². The Morgan fingerprint density at radius 3 is 2.21 bits per heavy atom. The van der Waals surface area contributed by atoms with Gasteiger partial charge in [-0.2, -0.15) is 0 Å². The second kappa shape index (κ2) is 6.02. The number of hydrogen-bond acceptors (Lipinski definition) is 2. The first-order valence-electron chi connectivity index (χ1n) is 7.28. The van der Waals surface area contributed by atoms with Crippen molar-refractivity contribution >= 4 is 0 Å². The number of benzene rings is 1. The quantitative estimate of drug-likeness (QED) is 0.905. The topological polar surface area (TPSA) is 29.3 Å². The van der Waals surface area contributed by atoms with Crippen LogP contribution in [0.15, 0.2) is 24.3 Å². The predicted molar refractivity (Wildman–Crippen MR) is 77.3 cm³/mol. The maximum absolute atomic E-state index is 13.1. The molecule has 0 radical (unpaired) electrons. The van der Waals surface area contributed by atoms with Crippen LogP contribution in [-0.4, -0.2) is 24.0 Å². The van der Waals surface area contributed by atoms with Gasteiger partial charge in [0.1, 0.15) is 5.82 Å². The highest BCUT2D eigenvalue weighted by molar-refractivity contribution is 5.22. The Labute approximate surface area is 115 Å². The SMILES string of the molecule is CCC(N)C(c1ccc(F)cc1)N1CC(C)C(C)C1. The largest absolute Gasteiger partial charge is 0.326 e. The minimum absolute atomic E-state index is 0.1000. The Bertz CT molecular complexity index is 394. The number of nitrogens with two attached hydrogens (primary N) is 1. The van der Waals surface area contributed by atoms with Crippen LogP contribution in [0.2, 0.25) is 0 Å². The summed E-state index contributed by atoms with van der Waals surface area (Å²) in [5, 5.41) is 0. The van der Waals surface area contributed by atoms with Crippen LogP contribution >= 0.6 is 0 Å². The van der Waals surface area contributed by atoms with E-state index in [1.807, 2.05) is 12.1 Å². The third-order valence-electron chi connectivity index (χ3n) is 4.50. The van der Waals surface area contributed by atoms with Gasteiger partial charge in [-0.1, -0.05) is 32.9 Å². The molecule has 0 amide bonds. The summed E-state index contributed by atoms with van der Waals surface area (Å²) in [4.78, 5) is 2.47. The van der Waals surface area contributed by atoms with Gasteiger partial charge in [0.15, 0.2) is 0 Å². The third-order valence-corrected chi connectivity index (χ3v) is 4.50. The average molecular weight is 264 g/mol. The molecule has 4 atom stereocenters. The van der Waals surface area contributed by atoms with Gasteiger partial charge in [0, 0.05) is 25.2 Å². The zero-order valence-corrected chi connectivity index (χ0v) is 12.1. The lowest BCUT2D eigenvalue weighted by Crippen LogP contribution is -2.40. The molecule has 1 aromatic carbocycles. The molecule has 3 heteroatoms. The zero-order valence-electron chi connectivity index (χ0n) is 12.1. The second-order valence-corrected chi connectivity index (χ2v) is 5.98. The van der Waals surface area contributed by atoms with Crippen LogP contribution in [0.5, 0.6) is 0 Å². The summed E-state index contributed by atoms with van der Waals surface area (Å²) in [5.41, 5.74) is 7.46. The van der Waals surface area contributed by atoms with E-state index < -0.39 is 0 Å². The molecule has 1 fully saturated rings. The van der Waals surface area contributed by atoms with E-state index in [0.29, 0.717) is 11.8 Å². The first kappa shape index (κ1) is 14.5. The van der Waals surface area contributed by atoms with Gasteiger partial charge in [-0.05, 0) is 36.0 Å². The van der Waals surface area contributed by atoms with Crippen molar-refractivity contribution in [2.45, 2.75) is 39.3 Å². The van der Waals surface area contributed by atoms with Gasteiger partial charge >= 0.3 is 0 Å². The van der Waals surface area contributed by atoms with Crippen molar-refractivity contribution in [2.24, 2.45) is 17.6 Å². The summed E-state index contributed by atoms with van der Waals surface area (Å²) in [7, 11) is 0. The highest BCUT2D eigenvalue weighted by Crippen LogP contribution is 2.33. The molecule has 2 N–H and O–H groups in total. The van der Waals surface area contributed by atoms with Crippen LogP contribution in [0.3, 0.4) is 0 Å². The van der Waals surface area contributed by atoms with Crippen LogP contribution in [0.25, 0.3) is 0 Å². The lowest BCUT2D eigenvalue weighted by atomic mass is 9.96. The molecule has 0 aromatic heterocycles. The summed E-state index contributed by atoms with van der Waals surface area (Å²) >= 11 is 0. The molecule has 0 bridgehead atoms. The molecule has 1 aromatic rings. The van der Waals surface area contributed by atoms with Crippen LogP contribution < -0.4 is 5.73 Å². The van der Waals surface area contributed by atoms with E-state index in [9.17, 15) is 4.39 Å². The normalized spacial score (nSPS) is 27.4. The zero-order chi connectivity index (χ0) is 14.0. The van der Waals surface area contributed by atoms with E-state index in [-0.39, 0.29) is 17.9 Å². The maximum atomic E-state index is 13.1. The lowest BCUT2D eigenvalue weighted by molar-refractivity contribution is 0.200. The highest BCUT2D eigenvalue weighted by Gasteiger charge is 2.34. The molecule has 106 valence electrons. The molecular formula is C16H25FN2. The number of rotatable bonds is 4. The lowest BCUT2D eigenvalue weighted by Gasteiger charge is -2.33. The van der Waals surface area contributed by atoms with Crippen LogP contribution in [0, 0.1) is 17.7 Å². The summed E-state index contributed by atoms with van der Waals surface area (Å²) in [5.74, 6) is 1.22. The van der Waals surface area contributed by atoms with Crippen LogP contribution in [0.4, 0.5) is 4.39 Å². The molecule has 0 saturated carbocycles. The van der Waals surface area contributed by atoms with Gasteiger partial charge < -0.3 is 5.73 Å². The standard InChI is InChI=1S/C16H25FN2/c1-4-15(18)16(13-5-7-14(17)8-6-13)19-9-11(2)12(3)10-19/h5-8,11-12,15-16H,4,9-10,18H2,1-3H3. The fraction of sp³-hybridized carbons (Fsp3) is 0.625. The van der Waals surface area contributed by atoms with Crippen molar-refractivity contribution in [3.8, 4) is 0 Å². The molecule has 0 aliphatic carbocycles. The molecule has 1 heterocycles. The van der Waals surface area contributed by atoms with Gasteiger partial charge in [-0.3, -0.25) is 4.90 Å². The summed E-state index contributed by atoms with van der Waals surface area (Å²) < 4.78 is 13.1. The van der Waals surface area contributed by atoms with Crippen molar-refractivity contribution in [3.05, 3.63) is 35.6 Å². The fourth-order valence-electron chi connectivity index (χ4n) is 3.01. The van der Waals surface area contributed by atoms with Crippen molar-refractivity contribution in [1.29, 1.82) is 0 Å². The van der Waals surface area contributed by atoms with Gasteiger partial charge in [0.05, 0.1) is 0 Å². The first-order chi connectivity index (χ1) is 9.02. The molecule has 19 heavy (non-hydrogen) atoms. The fourth-order valence-corrected chi connectivity index (χ4v) is 3.01. The minimum Gasteiger partial charge on any atom is -0.326 e. The minimum atomic E-state index is -0.185. The predicted octanol–water partition coefficient (Wildman–Crippen LogP) is 3.19. The van der Waals surface area contributed by atoms with Crippen molar-refractivity contribution < 1.29 is 4.39 Å². The molecule has 2 rings (SSSR count). The number of likely N-dealkylation sites (tertiary alicyclic amines) is 1. The average Bonchev–Trinajstić information content (AvgIpc) is 2.71. The van der Waals surface area contributed by atoms with Crippen LogP contribution in [0.1, 0.15) is 38.8 Å². The first-order valence-corrected chi connectivity index (χ1v) is 7.28. The molecule has 1 saturated heterocycles. The number of halogens is 1. The Morgan fingerprint density at radius 1 is 1.21 bits per heavy atom. The molecule has 4 unspecified atom stereocenters. The molecule has 0 spiro atoms. The smallest absolute Gasteiger partial charge is 0.123 e. The van der Waals surface area contributed by atoms with Crippen molar-refractivity contribution in [3.63, 3.8) is 0 Å². The monoisotopic (exact) mass is 264 g/mol. The maximum Gasteiger partial charge on any atom is 0.123 e. The molecular weight excluding hydrogens is 239 g/mol. The summed E-state index contributed by atoms with van der Waals surface area (Å²) in [6.45, 7) is 8.87. The van der Waals surface area contributed by atoms with E-state index in [4.69, 9.17) is 5.73 Å². The van der Waals surface area contributed by atoms with Crippen LogP contribution in [-0.2, 0) is 0 Å². The van der Waals surface area contributed by atoms with E-state index in [1.165, 1.54) is 12.1 Å². The van der Waals surface area contributed by atoms with Gasteiger partial charge in [0.2, 0.25) is 0 Å². The molecule has 2 nitrogen and oxygen atoms in total. The number of hydrogen-bond donors (Lipinski definition) is 1. The Kier molecular flexibility index (Phi) is 4.58. The third kappa shape index (κ3) is 3.15. The Morgan fingerprint density at radius 2 is 1.74 bits per heavy atom. The Balaban J connectivity index is 2.24. The van der Waals surface area contributed by atoms with Crippen molar-refractivity contribution in [2.75, 3.05) is 13.1 Å². The van der Waals surface area contributed by atoms with Gasteiger partial charge in [0.25, 0.3) is 0 Å². The van der Waals surface area contributed by atoms with Gasteiger partial charge in [-0.15, -0.1) is 0 Å². The van der Waals surface area contributed by atoms with E-state index in [0.717, 1.165) is 25.1 Å². The second-order valence-electron chi connectivity index (χ2n) is 5.98. The summed E-state index contributed by atoms with van der Waals surface area (Å²) in [6, 6.07) is 7.13. The highest BCUT2D eigenvalue weighted by atomic mass is 19.1. The number of nitrogens with zero attached hydrogens (tertiary/aromatic N) is 1. The Hall–Kier alpha value is -0.930. The van der Waals surface area contributed by atoms with E-state index >= 15 is 0 Å². The van der Waals surface area contributed by atoms with E-state index in [2.05, 4.69) is 25.7 Å². The molecule has 1 aliphatic heterocycles.